The standard InChI is InChI=1S/C16H22ClN3/c1-3-16(6-8-19-2)7-9-20(12-16)14-5-4-13(11-18)15(17)10-14/h4-5,10,19H,3,6-9,12H2,1-2H3. The van der Waals surface area contributed by atoms with Crippen LogP contribution in [0.5, 0.6) is 0 Å². The Hall–Kier alpha value is -1.24. The maximum atomic E-state index is 8.94. The molecule has 1 N–H and O–H groups in total. The Bertz CT molecular complexity index is 509. The molecule has 1 unspecified atom stereocenters. The molecule has 1 aliphatic rings. The molecule has 3 nitrogen and oxygen atoms in total. The molecule has 1 atom stereocenters. The predicted molar refractivity (Wildman–Crippen MR) is 84.3 cm³/mol. The zero-order chi connectivity index (χ0) is 14.6. The minimum absolute atomic E-state index is 0.406. The average molecular weight is 292 g/mol. The van der Waals surface area contributed by atoms with Gasteiger partial charge in [-0.15, -0.1) is 0 Å². The highest BCUT2D eigenvalue weighted by Crippen LogP contribution is 2.39. The predicted octanol–water partition coefficient (Wildman–Crippen LogP) is 3.43. The Morgan fingerprint density at radius 1 is 1.50 bits per heavy atom. The van der Waals surface area contributed by atoms with Gasteiger partial charge in [0.2, 0.25) is 0 Å². The molecule has 1 aromatic rings. The van der Waals surface area contributed by atoms with E-state index < -0.39 is 0 Å². The Balaban J connectivity index is 2.12. The van der Waals surface area contributed by atoms with Crippen LogP contribution in [-0.4, -0.2) is 26.7 Å². The lowest BCUT2D eigenvalue weighted by Crippen LogP contribution is -2.29. The van der Waals surface area contributed by atoms with Gasteiger partial charge in [0.05, 0.1) is 10.6 Å². The molecular formula is C16H22ClN3. The molecule has 0 amide bonds. The molecule has 0 spiro atoms. The van der Waals surface area contributed by atoms with Crippen molar-refractivity contribution in [1.82, 2.24) is 5.32 Å². The fourth-order valence-corrected chi connectivity index (χ4v) is 3.22. The van der Waals surface area contributed by atoms with Gasteiger partial charge >= 0.3 is 0 Å². The first-order valence-corrected chi connectivity index (χ1v) is 7.61. The molecule has 108 valence electrons. The van der Waals surface area contributed by atoms with Crippen LogP contribution in [-0.2, 0) is 0 Å². The highest BCUT2D eigenvalue weighted by atomic mass is 35.5. The molecule has 2 rings (SSSR count). The number of hydrogen-bond acceptors (Lipinski definition) is 3. The van der Waals surface area contributed by atoms with Gasteiger partial charge in [-0.25, -0.2) is 0 Å². The third kappa shape index (κ3) is 3.08. The SMILES string of the molecule is CCC1(CCNC)CCN(c2ccc(C#N)c(Cl)c2)C1. The van der Waals surface area contributed by atoms with E-state index in [0.29, 0.717) is 16.0 Å². The highest BCUT2D eigenvalue weighted by molar-refractivity contribution is 6.32. The van der Waals surface area contributed by atoms with Gasteiger partial charge in [0, 0.05) is 18.8 Å². The first kappa shape index (κ1) is 15.2. The van der Waals surface area contributed by atoms with Crippen molar-refractivity contribution in [1.29, 1.82) is 5.26 Å². The summed E-state index contributed by atoms with van der Waals surface area (Å²) in [6, 6.07) is 7.86. The zero-order valence-electron chi connectivity index (χ0n) is 12.2. The lowest BCUT2D eigenvalue weighted by atomic mass is 9.81. The molecular weight excluding hydrogens is 270 g/mol. The Labute approximate surface area is 126 Å². The second-order valence-corrected chi connectivity index (χ2v) is 6.06. The summed E-state index contributed by atoms with van der Waals surface area (Å²) >= 11 is 6.14. The molecule has 20 heavy (non-hydrogen) atoms. The van der Waals surface area contributed by atoms with Gasteiger partial charge < -0.3 is 10.2 Å². The Kier molecular flexibility index (Phi) is 4.91. The topological polar surface area (TPSA) is 39.1 Å². The molecule has 0 saturated carbocycles. The summed E-state index contributed by atoms with van der Waals surface area (Å²) in [5, 5.41) is 12.7. The number of benzene rings is 1. The maximum Gasteiger partial charge on any atom is 0.101 e. The van der Waals surface area contributed by atoms with Crippen LogP contribution in [0.15, 0.2) is 18.2 Å². The van der Waals surface area contributed by atoms with E-state index in [1.807, 2.05) is 25.2 Å². The van der Waals surface area contributed by atoms with Crippen LogP contribution in [0, 0.1) is 16.7 Å². The minimum Gasteiger partial charge on any atom is -0.371 e. The van der Waals surface area contributed by atoms with Crippen LogP contribution in [0.1, 0.15) is 31.7 Å². The van der Waals surface area contributed by atoms with E-state index in [1.54, 1.807) is 0 Å². The fourth-order valence-electron chi connectivity index (χ4n) is 3.01. The molecule has 1 aromatic carbocycles. The van der Waals surface area contributed by atoms with Gasteiger partial charge in [-0.1, -0.05) is 18.5 Å². The van der Waals surface area contributed by atoms with Crippen molar-refractivity contribution in [2.24, 2.45) is 5.41 Å². The largest absolute Gasteiger partial charge is 0.371 e. The third-order valence-corrected chi connectivity index (χ3v) is 4.84. The molecule has 1 saturated heterocycles. The average Bonchev–Trinajstić information content (AvgIpc) is 2.90. The van der Waals surface area contributed by atoms with E-state index in [4.69, 9.17) is 16.9 Å². The maximum absolute atomic E-state index is 8.94. The number of anilines is 1. The first-order chi connectivity index (χ1) is 9.64. The number of hydrogen-bond donors (Lipinski definition) is 1. The van der Waals surface area contributed by atoms with Crippen molar-refractivity contribution in [3.05, 3.63) is 28.8 Å². The summed E-state index contributed by atoms with van der Waals surface area (Å²) in [6.07, 6.45) is 3.64. The molecule has 0 aromatic heterocycles. The van der Waals surface area contributed by atoms with E-state index in [2.05, 4.69) is 23.2 Å². The number of rotatable bonds is 5. The van der Waals surface area contributed by atoms with Gasteiger partial charge in [-0.05, 0) is 56.5 Å². The van der Waals surface area contributed by atoms with Crippen LogP contribution in [0.2, 0.25) is 5.02 Å². The quantitative estimate of drug-likeness (QED) is 0.903. The van der Waals surface area contributed by atoms with E-state index in [1.165, 1.54) is 19.3 Å². The normalized spacial score (nSPS) is 22.0. The first-order valence-electron chi connectivity index (χ1n) is 7.23. The van der Waals surface area contributed by atoms with Gasteiger partial charge in [-0.2, -0.15) is 5.26 Å². The second kappa shape index (κ2) is 6.47. The minimum atomic E-state index is 0.406. The van der Waals surface area contributed by atoms with Crippen molar-refractivity contribution in [2.75, 3.05) is 31.6 Å². The summed E-state index contributed by atoms with van der Waals surface area (Å²) in [4.78, 5) is 2.40. The summed E-state index contributed by atoms with van der Waals surface area (Å²) in [6.45, 7) is 5.49. The molecule has 1 fully saturated rings. The van der Waals surface area contributed by atoms with Gasteiger partial charge in [0.15, 0.2) is 0 Å². The molecule has 0 aliphatic carbocycles. The monoisotopic (exact) mass is 291 g/mol. The molecule has 1 aliphatic heterocycles. The molecule has 1 heterocycles. The van der Waals surface area contributed by atoms with E-state index in [9.17, 15) is 0 Å². The van der Waals surface area contributed by atoms with Crippen LogP contribution in [0.3, 0.4) is 0 Å². The molecule has 4 heteroatoms. The summed E-state index contributed by atoms with van der Waals surface area (Å²) in [5.41, 5.74) is 2.09. The van der Waals surface area contributed by atoms with Crippen LogP contribution in [0.25, 0.3) is 0 Å². The third-order valence-electron chi connectivity index (χ3n) is 4.53. The summed E-state index contributed by atoms with van der Waals surface area (Å²) in [5.74, 6) is 0. The van der Waals surface area contributed by atoms with Crippen molar-refractivity contribution in [3.63, 3.8) is 0 Å². The van der Waals surface area contributed by atoms with Crippen molar-refractivity contribution >= 4 is 17.3 Å². The van der Waals surface area contributed by atoms with Gasteiger partial charge in [0.1, 0.15) is 6.07 Å². The number of nitrogens with one attached hydrogen (secondary N) is 1. The lowest BCUT2D eigenvalue weighted by Gasteiger charge is -2.28. The second-order valence-electron chi connectivity index (χ2n) is 5.65. The summed E-state index contributed by atoms with van der Waals surface area (Å²) in [7, 11) is 2.01. The Morgan fingerprint density at radius 3 is 2.90 bits per heavy atom. The van der Waals surface area contributed by atoms with Crippen molar-refractivity contribution < 1.29 is 0 Å². The molecule has 0 radical (unpaired) electrons. The van der Waals surface area contributed by atoms with E-state index >= 15 is 0 Å². The van der Waals surface area contributed by atoms with Gasteiger partial charge in [0.25, 0.3) is 0 Å². The lowest BCUT2D eigenvalue weighted by molar-refractivity contribution is 0.286. The van der Waals surface area contributed by atoms with E-state index in [0.717, 1.165) is 25.3 Å². The van der Waals surface area contributed by atoms with Crippen molar-refractivity contribution in [2.45, 2.75) is 26.2 Å². The zero-order valence-corrected chi connectivity index (χ0v) is 13.0. The Morgan fingerprint density at radius 2 is 2.30 bits per heavy atom. The number of nitrogens with zero attached hydrogens (tertiary/aromatic N) is 2. The smallest absolute Gasteiger partial charge is 0.101 e. The van der Waals surface area contributed by atoms with Crippen molar-refractivity contribution in [3.8, 4) is 6.07 Å². The van der Waals surface area contributed by atoms with Crippen LogP contribution >= 0.6 is 11.6 Å². The van der Waals surface area contributed by atoms with E-state index in [-0.39, 0.29) is 0 Å². The fraction of sp³-hybridized carbons (Fsp3) is 0.562. The van der Waals surface area contributed by atoms with Gasteiger partial charge in [-0.3, -0.25) is 0 Å². The molecule has 0 bridgehead atoms. The number of halogens is 1. The highest BCUT2D eigenvalue weighted by Gasteiger charge is 2.36. The summed E-state index contributed by atoms with van der Waals surface area (Å²) < 4.78 is 0. The number of nitriles is 1. The van der Waals surface area contributed by atoms with Crippen LogP contribution < -0.4 is 10.2 Å². The van der Waals surface area contributed by atoms with Crippen LogP contribution in [0.4, 0.5) is 5.69 Å².